The van der Waals surface area contributed by atoms with Crippen LogP contribution >= 0.6 is 0 Å². The normalized spacial score (nSPS) is 13.4. The number of carbonyl (C=O) groups excluding carboxylic acids is 1. The molecule has 1 aromatic heterocycles. The van der Waals surface area contributed by atoms with Crippen LogP contribution in [0.4, 0.5) is 0 Å². The number of nitrogens with zero attached hydrogens (tertiary/aromatic N) is 1. The van der Waals surface area contributed by atoms with E-state index in [1.807, 2.05) is 17.2 Å². The highest BCUT2D eigenvalue weighted by molar-refractivity contribution is 5.95. The highest BCUT2D eigenvalue weighted by Crippen LogP contribution is 2.38. The SMILES string of the molecule is COc1cc(C(=O)N2CCc3[nH]ccc3C2)cc(OC)c1OC. The molecule has 23 heavy (non-hydrogen) atoms. The van der Waals surface area contributed by atoms with Gasteiger partial charge in [0.2, 0.25) is 5.75 Å². The number of hydrogen-bond donors (Lipinski definition) is 1. The van der Waals surface area contributed by atoms with Crippen LogP contribution in [0.1, 0.15) is 21.6 Å². The van der Waals surface area contributed by atoms with E-state index in [-0.39, 0.29) is 5.91 Å². The first-order valence-corrected chi connectivity index (χ1v) is 7.42. The maximum absolute atomic E-state index is 12.8. The number of nitrogens with one attached hydrogen (secondary N) is 1. The van der Waals surface area contributed by atoms with Crippen LogP contribution < -0.4 is 14.2 Å². The summed E-state index contributed by atoms with van der Waals surface area (Å²) in [5.41, 5.74) is 2.90. The maximum Gasteiger partial charge on any atom is 0.254 e. The lowest BCUT2D eigenvalue weighted by molar-refractivity contribution is 0.0733. The third-order valence-electron chi connectivity index (χ3n) is 4.12. The van der Waals surface area contributed by atoms with Gasteiger partial charge in [0.15, 0.2) is 11.5 Å². The number of rotatable bonds is 4. The van der Waals surface area contributed by atoms with Gasteiger partial charge in [-0.3, -0.25) is 4.79 Å². The molecule has 2 heterocycles. The first-order valence-electron chi connectivity index (χ1n) is 7.42. The first kappa shape index (κ1) is 15.3. The third kappa shape index (κ3) is 2.72. The van der Waals surface area contributed by atoms with Gasteiger partial charge < -0.3 is 24.1 Å². The zero-order valence-electron chi connectivity index (χ0n) is 13.5. The summed E-state index contributed by atoms with van der Waals surface area (Å²) in [6.07, 6.45) is 2.75. The number of methoxy groups -OCH3 is 3. The van der Waals surface area contributed by atoms with Gasteiger partial charge in [0.25, 0.3) is 5.91 Å². The number of benzene rings is 1. The largest absolute Gasteiger partial charge is 0.493 e. The lowest BCUT2D eigenvalue weighted by Gasteiger charge is -2.27. The summed E-state index contributed by atoms with van der Waals surface area (Å²) in [6, 6.07) is 5.40. The van der Waals surface area contributed by atoms with E-state index >= 15 is 0 Å². The van der Waals surface area contributed by atoms with E-state index in [1.54, 1.807) is 33.5 Å². The molecule has 1 aromatic carbocycles. The van der Waals surface area contributed by atoms with E-state index in [2.05, 4.69) is 4.98 Å². The monoisotopic (exact) mass is 316 g/mol. The predicted molar refractivity (Wildman–Crippen MR) is 85.3 cm³/mol. The number of amides is 1. The molecule has 6 nitrogen and oxygen atoms in total. The van der Waals surface area contributed by atoms with Gasteiger partial charge in [-0.2, -0.15) is 0 Å². The van der Waals surface area contributed by atoms with Crippen molar-refractivity contribution in [3.05, 3.63) is 41.2 Å². The Morgan fingerprint density at radius 3 is 2.43 bits per heavy atom. The molecule has 1 amide bonds. The Balaban J connectivity index is 1.91. The molecule has 122 valence electrons. The summed E-state index contributed by atoms with van der Waals surface area (Å²) in [5.74, 6) is 1.40. The van der Waals surface area contributed by atoms with Crippen LogP contribution in [0.15, 0.2) is 24.4 Å². The van der Waals surface area contributed by atoms with Crippen LogP contribution in [0.3, 0.4) is 0 Å². The van der Waals surface area contributed by atoms with Crippen LogP contribution in [0.2, 0.25) is 0 Å². The molecular weight excluding hydrogens is 296 g/mol. The van der Waals surface area contributed by atoms with Crippen LogP contribution in [-0.2, 0) is 13.0 Å². The minimum Gasteiger partial charge on any atom is -0.493 e. The molecule has 0 atom stereocenters. The van der Waals surface area contributed by atoms with Gasteiger partial charge >= 0.3 is 0 Å². The van der Waals surface area contributed by atoms with E-state index in [1.165, 1.54) is 5.69 Å². The minimum atomic E-state index is -0.0453. The molecule has 0 unspecified atom stereocenters. The molecule has 0 saturated heterocycles. The zero-order chi connectivity index (χ0) is 16.4. The van der Waals surface area contributed by atoms with Crippen LogP contribution in [0.25, 0.3) is 0 Å². The maximum atomic E-state index is 12.8. The number of hydrogen-bond acceptors (Lipinski definition) is 4. The molecule has 0 fully saturated rings. The Hall–Kier alpha value is -2.63. The van der Waals surface area contributed by atoms with Crippen molar-refractivity contribution in [1.29, 1.82) is 0 Å². The van der Waals surface area contributed by atoms with E-state index in [0.717, 1.165) is 12.0 Å². The Bertz CT molecular complexity index is 698. The number of fused-ring (bicyclic) bond motifs is 1. The predicted octanol–water partition coefficient (Wildman–Crippen LogP) is 2.24. The topological polar surface area (TPSA) is 63.8 Å². The first-order chi connectivity index (χ1) is 11.2. The van der Waals surface area contributed by atoms with E-state index in [9.17, 15) is 4.79 Å². The lowest BCUT2D eigenvalue weighted by Crippen LogP contribution is -2.35. The molecule has 1 aliphatic heterocycles. The zero-order valence-corrected chi connectivity index (χ0v) is 13.5. The number of aromatic amines is 1. The van der Waals surface area contributed by atoms with Crippen molar-refractivity contribution in [1.82, 2.24) is 9.88 Å². The molecule has 0 bridgehead atoms. The smallest absolute Gasteiger partial charge is 0.254 e. The molecular formula is C17H20N2O4. The van der Waals surface area contributed by atoms with Gasteiger partial charge in [0.05, 0.1) is 21.3 Å². The standard InChI is InChI=1S/C17H20N2O4/c1-21-14-8-12(9-15(22-2)16(14)23-3)17(20)19-7-5-13-11(10-19)4-6-18-13/h4,6,8-9,18H,5,7,10H2,1-3H3. The second kappa shape index (κ2) is 6.24. The minimum absolute atomic E-state index is 0.0453. The van der Waals surface area contributed by atoms with Crippen molar-refractivity contribution < 1.29 is 19.0 Å². The van der Waals surface area contributed by atoms with Crippen molar-refractivity contribution in [2.24, 2.45) is 0 Å². The molecule has 0 saturated carbocycles. The van der Waals surface area contributed by atoms with Crippen LogP contribution in [0.5, 0.6) is 17.2 Å². The van der Waals surface area contributed by atoms with Crippen molar-refractivity contribution >= 4 is 5.91 Å². The Morgan fingerprint density at radius 2 is 1.83 bits per heavy atom. The van der Waals surface area contributed by atoms with Gasteiger partial charge in [-0.1, -0.05) is 0 Å². The van der Waals surface area contributed by atoms with Gasteiger partial charge in [-0.25, -0.2) is 0 Å². The average Bonchev–Trinajstić information content (AvgIpc) is 3.07. The highest BCUT2D eigenvalue weighted by Gasteiger charge is 2.24. The highest BCUT2D eigenvalue weighted by atomic mass is 16.5. The molecule has 6 heteroatoms. The Labute approximate surface area is 135 Å². The molecule has 3 rings (SSSR count). The average molecular weight is 316 g/mol. The lowest BCUT2D eigenvalue weighted by atomic mass is 10.1. The fourth-order valence-corrected chi connectivity index (χ4v) is 2.91. The van der Waals surface area contributed by atoms with Crippen molar-refractivity contribution in [3.63, 3.8) is 0 Å². The second-order valence-electron chi connectivity index (χ2n) is 5.37. The quantitative estimate of drug-likeness (QED) is 0.939. The number of ether oxygens (including phenoxy) is 3. The van der Waals surface area contributed by atoms with Crippen molar-refractivity contribution in [2.75, 3.05) is 27.9 Å². The Kier molecular flexibility index (Phi) is 4.14. The summed E-state index contributed by atoms with van der Waals surface area (Å²) in [5, 5.41) is 0. The van der Waals surface area contributed by atoms with E-state index < -0.39 is 0 Å². The molecule has 1 N–H and O–H groups in total. The Morgan fingerprint density at radius 1 is 1.13 bits per heavy atom. The summed E-state index contributed by atoms with van der Waals surface area (Å²) in [6.45, 7) is 1.29. The van der Waals surface area contributed by atoms with E-state index in [0.29, 0.717) is 35.9 Å². The molecule has 0 spiro atoms. The van der Waals surface area contributed by atoms with Gasteiger partial charge in [0, 0.05) is 37.0 Å². The van der Waals surface area contributed by atoms with Crippen LogP contribution in [0, 0.1) is 0 Å². The van der Waals surface area contributed by atoms with Crippen LogP contribution in [-0.4, -0.2) is 43.7 Å². The fraction of sp³-hybridized carbons (Fsp3) is 0.353. The summed E-state index contributed by atoms with van der Waals surface area (Å²) in [7, 11) is 4.62. The van der Waals surface area contributed by atoms with Gasteiger partial charge in [-0.15, -0.1) is 0 Å². The molecule has 1 aliphatic rings. The van der Waals surface area contributed by atoms with Crippen molar-refractivity contribution in [2.45, 2.75) is 13.0 Å². The summed E-state index contributed by atoms with van der Waals surface area (Å²) >= 11 is 0. The summed E-state index contributed by atoms with van der Waals surface area (Å²) < 4.78 is 15.9. The van der Waals surface area contributed by atoms with E-state index in [4.69, 9.17) is 14.2 Å². The van der Waals surface area contributed by atoms with Gasteiger partial charge in [-0.05, 0) is 23.8 Å². The third-order valence-corrected chi connectivity index (χ3v) is 4.12. The number of aromatic nitrogens is 1. The molecule has 0 radical (unpaired) electrons. The van der Waals surface area contributed by atoms with Gasteiger partial charge in [0.1, 0.15) is 0 Å². The number of H-pyrrole nitrogens is 1. The number of carbonyl (C=O) groups is 1. The molecule has 2 aromatic rings. The van der Waals surface area contributed by atoms with Crippen molar-refractivity contribution in [3.8, 4) is 17.2 Å². The second-order valence-corrected chi connectivity index (χ2v) is 5.37. The molecule has 0 aliphatic carbocycles. The summed E-state index contributed by atoms with van der Waals surface area (Å²) in [4.78, 5) is 17.9. The fourth-order valence-electron chi connectivity index (χ4n) is 2.91.